The van der Waals surface area contributed by atoms with Crippen LogP contribution < -0.4 is 11.1 Å². The number of nitrogens with one attached hydrogen (secondary N) is 1. The van der Waals surface area contributed by atoms with E-state index in [1.165, 1.54) is 0 Å². The van der Waals surface area contributed by atoms with E-state index in [1.807, 2.05) is 6.92 Å². The van der Waals surface area contributed by atoms with Crippen LogP contribution in [0.5, 0.6) is 0 Å². The molecule has 0 aliphatic carbocycles. The smallest absolute Gasteiger partial charge is 0.218 e. The molecule has 3 heteroatoms. The van der Waals surface area contributed by atoms with E-state index in [0.717, 1.165) is 12.8 Å². The lowest BCUT2D eigenvalue weighted by Gasteiger charge is -2.19. The van der Waals surface area contributed by atoms with Gasteiger partial charge in [0.2, 0.25) is 5.91 Å². The minimum atomic E-state index is -0.235. The van der Waals surface area contributed by atoms with Crippen LogP contribution in [-0.4, -0.2) is 18.0 Å². The molecule has 0 saturated carbocycles. The van der Waals surface area contributed by atoms with Crippen LogP contribution in [-0.2, 0) is 4.79 Å². The van der Waals surface area contributed by atoms with Gasteiger partial charge in [0.05, 0.1) is 0 Å². The second-order valence-electron chi connectivity index (χ2n) is 3.25. The summed E-state index contributed by atoms with van der Waals surface area (Å²) in [5, 5.41) is 3.35. The van der Waals surface area contributed by atoms with Crippen LogP contribution in [0.2, 0.25) is 0 Å². The molecule has 0 bridgehead atoms. The Hall–Kier alpha value is -0.570. The third kappa shape index (κ3) is 5.13. The third-order valence-corrected chi connectivity index (χ3v) is 2.01. The fraction of sp³-hybridized carbons (Fsp3) is 0.889. The maximum Gasteiger partial charge on any atom is 0.218 e. The van der Waals surface area contributed by atoms with E-state index >= 15 is 0 Å². The molecule has 0 saturated heterocycles. The second kappa shape index (κ2) is 6.00. The van der Waals surface area contributed by atoms with Gasteiger partial charge in [0.15, 0.2) is 0 Å². The number of hydrogen-bond donors (Lipinski definition) is 2. The van der Waals surface area contributed by atoms with Crippen LogP contribution in [0.15, 0.2) is 0 Å². The molecule has 0 heterocycles. The Bertz CT molecular complexity index is 132. The molecule has 0 aromatic heterocycles. The zero-order valence-electron chi connectivity index (χ0n) is 8.26. The van der Waals surface area contributed by atoms with Crippen molar-refractivity contribution in [2.24, 2.45) is 5.73 Å². The highest BCUT2D eigenvalue weighted by molar-refractivity contribution is 5.74. The van der Waals surface area contributed by atoms with Gasteiger partial charge in [0.1, 0.15) is 0 Å². The van der Waals surface area contributed by atoms with Gasteiger partial charge in [-0.05, 0) is 19.8 Å². The summed E-state index contributed by atoms with van der Waals surface area (Å²) in [7, 11) is 0. The maximum atomic E-state index is 10.6. The van der Waals surface area contributed by atoms with Crippen LogP contribution in [0.4, 0.5) is 0 Å². The van der Waals surface area contributed by atoms with Gasteiger partial charge in [-0.2, -0.15) is 0 Å². The molecule has 72 valence electrons. The monoisotopic (exact) mass is 172 g/mol. The number of amides is 1. The van der Waals surface area contributed by atoms with E-state index in [2.05, 4.69) is 19.2 Å². The van der Waals surface area contributed by atoms with Crippen LogP contribution in [0, 0.1) is 0 Å². The molecule has 3 nitrogen and oxygen atoms in total. The highest BCUT2D eigenvalue weighted by Crippen LogP contribution is 1.99. The van der Waals surface area contributed by atoms with Gasteiger partial charge in [-0.3, -0.25) is 4.79 Å². The average molecular weight is 172 g/mol. The van der Waals surface area contributed by atoms with E-state index in [1.54, 1.807) is 0 Å². The van der Waals surface area contributed by atoms with Gasteiger partial charge in [-0.15, -0.1) is 0 Å². The van der Waals surface area contributed by atoms with Gasteiger partial charge in [0.25, 0.3) is 0 Å². The summed E-state index contributed by atoms with van der Waals surface area (Å²) < 4.78 is 0. The molecule has 0 aliphatic heterocycles. The fourth-order valence-electron chi connectivity index (χ4n) is 1.29. The first kappa shape index (κ1) is 11.4. The molecule has 0 rings (SSSR count). The van der Waals surface area contributed by atoms with Crippen LogP contribution in [0.3, 0.4) is 0 Å². The molecule has 0 radical (unpaired) electrons. The Labute approximate surface area is 74.7 Å². The number of rotatable bonds is 6. The lowest BCUT2D eigenvalue weighted by atomic mass is 10.1. The zero-order chi connectivity index (χ0) is 9.56. The minimum Gasteiger partial charge on any atom is -0.370 e. The number of nitrogens with two attached hydrogens (primary N) is 1. The van der Waals surface area contributed by atoms with Crippen LogP contribution in [0.25, 0.3) is 0 Å². The molecule has 0 aliphatic rings. The number of hydrogen-bond acceptors (Lipinski definition) is 2. The van der Waals surface area contributed by atoms with E-state index in [4.69, 9.17) is 5.73 Å². The second-order valence-corrected chi connectivity index (χ2v) is 3.25. The summed E-state index contributed by atoms with van der Waals surface area (Å²) in [6.07, 6.45) is 2.62. The Kier molecular flexibility index (Phi) is 5.72. The maximum absolute atomic E-state index is 10.6. The number of carbonyl (C=O) groups excluding carboxylic acids is 1. The molecule has 0 spiro atoms. The van der Waals surface area contributed by atoms with Crippen molar-refractivity contribution in [2.45, 2.75) is 52.1 Å². The van der Waals surface area contributed by atoms with Crippen LogP contribution >= 0.6 is 0 Å². The first-order valence-electron chi connectivity index (χ1n) is 4.64. The van der Waals surface area contributed by atoms with Gasteiger partial charge < -0.3 is 11.1 Å². The summed E-state index contributed by atoms with van der Waals surface area (Å²) >= 11 is 0. The molecular weight excluding hydrogens is 152 g/mol. The molecule has 1 unspecified atom stereocenters. The van der Waals surface area contributed by atoms with E-state index in [-0.39, 0.29) is 11.9 Å². The average Bonchev–Trinajstić information content (AvgIpc) is 1.98. The highest BCUT2D eigenvalue weighted by Gasteiger charge is 2.09. The topological polar surface area (TPSA) is 55.1 Å². The van der Waals surface area contributed by atoms with Crippen molar-refractivity contribution in [1.29, 1.82) is 0 Å². The van der Waals surface area contributed by atoms with E-state index in [0.29, 0.717) is 12.5 Å². The Morgan fingerprint density at radius 2 is 1.92 bits per heavy atom. The standard InChI is InChI=1S/C9H20N2O/c1-4-8(5-2)11-7(3)6-9(10)12/h7-8,11H,4-6H2,1-3H3,(H2,10,12). The molecule has 0 aromatic rings. The summed E-state index contributed by atoms with van der Waals surface area (Å²) in [6.45, 7) is 6.26. The number of carbonyl (C=O) groups is 1. The van der Waals surface area contributed by atoms with E-state index < -0.39 is 0 Å². The first-order chi connectivity index (χ1) is 5.60. The first-order valence-corrected chi connectivity index (χ1v) is 4.64. The predicted octanol–water partition coefficient (Wildman–Crippen LogP) is 1.03. The van der Waals surface area contributed by atoms with Crippen molar-refractivity contribution < 1.29 is 4.79 Å². The zero-order valence-corrected chi connectivity index (χ0v) is 8.26. The Morgan fingerprint density at radius 3 is 2.25 bits per heavy atom. The van der Waals surface area contributed by atoms with E-state index in [9.17, 15) is 4.79 Å². The van der Waals surface area contributed by atoms with Crippen molar-refractivity contribution in [3.8, 4) is 0 Å². The molecular formula is C9H20N2O. The molecule has 1 atom stereocenters. The molecule has 0 fully saturated rings. The largest absolute Gasteiger partial charge is 0.370 e. The molecule has 0 aromatic carbocycles. The normalized spacial score (nSPS) is 13.3. The Balaban J connectivity index is 3.65. The van der Waals surface area contributed by atoms with Crippen molar-refractivity contribution in [3.05, 3.63) is 0 Å². The molecule has 3 N–H and O–H groups in total. The quantitative estimate of drug-likeness (QED) is 0.628. The summed E-state index contributed by atoms with van der Waals surface area (Å²) in [5.41, 5.74) is 5.07. The summed E-state index contributed by atoms with van der Waals surface area (Å²) in [4.78, 5) is 10.6. The third-order valence-electron chi connectivity index (χ3n) is 2.01. The van der Waals surface area contributed by atoms with Gasteiger partial charge in [0, 0.05) is 18.5 Å². The van der Waals surface area contributed by atoms with Gasteiger partial charge >= 0.3 is 0 Å². The molecule has 12 heavy (non-hydrogen) atoms. The summed E-state index contributed by atoms with van der Waals surface area (Å²) in [5.74, 6) is -0.235. The van der Waals surface area contributed by atoms with Gasteiger partial charge in [-0.25, -0.2) is 0 Å². The van der Waals surface area contributed by atoms with Crippen molar-refractivity contribution in [2.75, 3.05) is 0 Å². The van der Waals surface area contributed by atoms with Crippen LogP contribution in [0.1, 0.15) is 40.0 Å². The lowest BCUT2D eigenvalue weighted by Crippen LogP contribution is -2.38. The highest BCUT2D eigenvalue weighted by atomic mass is 16.1. The Morgan fingerprint density at radius 1 is 1.42 bits per heavy atom. The minimum absolute atomic E-state index is 0.201. The van der Waals surface area contributed by atoms with Crippen molar-refractivity contribution in [3.63, 3.8) is 0 Å². The fourth-order valence-corrected chi connectivity index (χ4v) is 1.29. The SMILES string of the molecule is CCC(CC)NC(C)CC(N)=O. The number of primary amides is 1. The lowest BCUT2D eigenvalue weighted by molar-refractivity contribution is -0.118. The summed E-state index contributed by atoms with van der Waals surface area (Å²) in [6, 6.07) is 0.715. The van der Waals surface area contributed by atoms with Crippen molar-refractivity contribution >= 4 is 5.91 Å². The van der Waals surface area contributed by atoms with Gasteiger partial charge in [-0.1, -0.05) is 13.8 Å². The predicted molar refractivity (Wildman–Crippen MR) is 50.8 cm³/mol. The van der Waals surface area contributed by atoms with Crippen molar-refractivity contribution in [1.82, 2.24) is 5.32 Å². The molecule has 1 amide bonds.